The Bertz CT molecular complexity index is 602. The van der Waals surface area contributed by atoms with Crippen molar-refractivity contribution in [2.45, 2.75) is 33.3 Å². The van der Waals surface area contributed by atoms with Crippen LogP contribution in [-0.2, 0) is 4.74 Å². The van der Waals surface area contributed by atoms with Crippen molar-refractivity contribution >= 4 is 41.7 Å². The van der Waals surface area contributed by atoms with Gasteiger partial charge in [-0.05, 0) is 38.8 Å². The van der Waals surface area contributed by atoms with Gasteiger partial charge in [-0.3, -0.25) is 4.99 Å². The van der Waals surface area contributed by atoms with E-state index in [0.29, 0.717) is 24.8 Å². The summed E-state index contributed by atoms with van der Waals surface area (Å²) in [6.45, 7) is 8.55. The van der Waals surface area contributed by atoms with Gasteiger partial charge in [-0.25, -0.2) is 4.79 Å². The molecule has 0 aliphatic carbocycles. The van der Waals surface area contributed by atoms with E-state index in [1.165, 1.54) is 0 Å². The SMILES string of the molecule is COc1ccccc1NC(N)=NCC(C)CN(C)C(=O)OC(C)(C)C.I. The molecule has 0 saturated carbocycles. The molecule has 0 aliphatic rings. The summed E-state index contributed by atoms with van der Waals surface area (Å²) in [5.74, 6) is 1.13. The van der Waals surface area contributed by atoms with Crippen molar-refractivity contribution in [3.05, 3.63) is 24.3 Å². The zero-order valence-corrected chi connectivity index (χ0v) is 18.7. The molecule has 26 heavy (non-hydrogen) atoms. The van der Waals surface area contributed by atoms with Gasteiger partial charge in [0.1, 0.15) is 11.4 Å². The number of rotatable bonds is 6. The Balaban J connectivity index is 0.00000625. The summed E-state index contributed by atoms with van der Waals surface area (Å²) in [6.07, 6.45) is -0.344. The van der Waals surface area contributed by atoms with Gasteiger partial charge in [0.2, 0.25) is 0 Å². The highest BCUT2D eigenvalue weighted by molar-refractivity contribution is 14.0. The number of amides is 1. The first-order valence-corrected chi connectivity index (χ1v) is 8.26. The number of carbonyl (C=O) groups excluding carboxylic acids is 1. The van der Waals surface area contributed by atoms with E-state index < -0.39 is 5.60 Å². The Labute approximate surface area is 173 Å². The van der Waals surface area contributed by atoms with Crippen molar-refractivity contribution in [2.24, 2.45) is 16.6 Å². The number of para-hydroxylation sites is 2. The molecule has 1 aromatic carbocycles. The Morgan fingerprint density at radius 3 is 2.54 bits per heavy atom. The second-order valence-corrected chi connectivity index (χ2v) is 7.02. The third-order valence-corrected chi connectivity index (χ3v) is 3.23. The Morgan fingerprint density at radius 1 is 1.35 bits per heavy atom. The Hall–Kier alpha value is -1.71. The van der Waals surface area contributed by atoms with E-state index in [0.717, 1.165) is 5.69 Å². The fraction of sp³-hybridized carbons (Fsp3) is 0.556. The van der Waals surface area contributed by atoms with Crippen LogP contribution in [0.1, 0.15) is 27.7 Å². The van der Waals surface area contributed by atoms with Gasteiger partial charge in [0.05, 0.1) is 12.8 Å². The van der Waals surface area contributed by atoms with Gasteiger partial charge in [-0.15, -0.1) is 24.0 Å². The number of carbonyl (C=O) groups is 1. The minimum atomic E-state index is -0.504. The molecule has 0 aliphatic heterocycles. The average Bonchev–Trinajstić information content (AvgIpc) is 2.51. The molecule has 0 bridgehead atoms. The highest BCUT2D eigenvalue weighted by atomic mass is 127. The van der Waals surface area contributed by atoms with Crippen LogP contribution in [0.25, 0.3) is 0 Å². The molecule has 0 heterocycles. The first-order valence-electron chi connectivity index (χ1n) is 8.26. The van der Waals surface area contributed by atoms with E-state index in [4.69, 9.17) is 15.2 Å². The number of halogens is 1. The number of methoxy groups -OCH3 is 1. The number of benzene rings is 1. The fourth-order valence-corrected chi connectivity index (χ4v) is 2.12. The number of hydrogen-bond donors (Lipinski definition) is 2. The summed E-state index contributed by atoms with van der Waals surface area (Å²) in [5, 5.41) is 3.02. The molecule has 3 N–H and O–H groups in total. The van der Waals surface area contributed by atoms with Gasteiger partial charge in [0.15, 0.2) is 5.96 Å². The van der Waals surface area contributed by atoms with E-state index in [9.17, 15) is 4.79 Å². The molecule has 7 nitrogen and oxygen atoms in total. The first-order chi connectivity index (χ1) is 11.6. The number of ether oxygens (including phenoxy) is 2. The number of hydrogen-bond acceptors (Lipinski definition) is 4. The Morgan fingerprint density at radius 2 is 1.96 bits per heavy atom. The lowest BCUT2D eigenvalue weighted by atomic mass is 10.2. The highest BCUT2D eigenvalue weighted by Crippen LogP contribution is 2.22. The molecule has 1 amide bonds. The molecule has 8 heteroatoms. The van der Waals surface area contributed by atoms with E-state index in [1.54, 1.807) is 19.1 Å². The summed E-state index contributed by atoms with van der Waals surface area (Å²) in [7, 11) is 3.31. The predicted molar refractivity (Wildman–Crippen MR) is 117 cm³/mol. The van der Waals surface area contributed by atoms with Crippen molar-refractivity contribution in [2.75, 3.05) is 32.6 Å². The van der Waals surface area contributed by atoms with Crippen LogP contribution in [0.4, 0.5) is 10.5 Å². The molecule has 1 rings (SSSR count). The van der Waals surface area contributed by atoms with Gasteiger partial charge in [0.25, 0.3) is 0 Å². The molecular formula is C18H31IN4O3. The quantitative estimate of drug-likeness (QED) is 0.371. The van der Waals surface area contributed by atoms with Gasteiger partial charge in [-0.1, -0.05) is 19.1 Å². The molecule has 1 unspecified atom stereocenters. The summed E-state index contributed by atoms with van der Waals surface area (Å²) in [4.78, 5) is 17.8. The second kappa shape index (κ2) is 11.1. The molecule has 148 valence electrons. The van der Waals surface area contributed by atoms with Gasteiger partial charge in [-0.2, -0.15) is 0 Å². The van der Waals surface area contributed by atoms with E-state index in [-0.39, 0.29) is 36.0 Å². The van der Waals surface area contributed by atoms with Gasteiger partial charge < -0.3 is 25.4 Å². The lowest BCUT2D eigenvalue weighted by Crippen LogP contribution is -2.37. The lowest BCUT2D eigenvalue weighted by Gasteiger charge is -2.26. The van der Waals surface area contributed by atoms with Crippen LogP contribution in [0.3, 0.4) is 0 Å². The fourth-order valence-electron chi connectivity index (χ4n) is 2.12. The van der Waals surface area contributed by atoms with E-state index >= 15 is 0 Å². The zero-order valence-electron chi connectivity index (χ0n) is 16.4. The van der Waals surface area contributed by atoms with Crippen molar-refractivity contribution in [3.63, 3.8) is 0 Å². The highest BCUT2D eigenvalue weighted by Gasteiger charge is 2.20. The van der Waals surface area contributed by atoms with Crippen LogP contribution >= 0.6 is 24.0 Å². The van der Waals surface area contributed by atoms with Crippen LogP contribution in [-0.4, -0.2) is 49.8 Å². The maximum absolute atomic E-state index is 12.0. The number of aliphatic imine (C=N–C) groups is 1. The monoisotopic (exact) mass is 478 g/mol. The number of nitrogens with one attached hydrogen (secondary N) is 1. The number of nitrogens with two attached hydrogens (primary N) is 1. The van der Waals surface area contributed by atoms with Crippen LogP contribution in [0.2, 0.25) is 0 Å². The first kappa shape index (κ1) is 24.3. The number of nitrogens with zero attached hydrogens (tertiary/aromatic N) is 2. The molecular weight excluding hydrogens is 447 g/mol. The van der Waals surface area contributed by atoms with Crippen LogP contribution < -0.4 is 15.8 Å². The summed E-state index contributed by atoms with van der Waals surface area (Å²) < 4.78 is 10.6. The van der Waals surface area contributed by atoms with Crippen LogP contribution in [0.15, 0.2) is 29.3 Å². The molecule has 0 aromatic heterocycles. The number of guanidine groups is 1. The zero-order chi connectivity index (χ0) is 19.0. The minimum absolute atomic E-state index is 0. The molecule has 0 spiro atoms. The van der Waals surface area contributed by atoms with Gasteiger partial charge >= 0.3 is 6.09 Å². The molecule has 0 radical (unpaired) electrons. The molecule has 0 fully saturated rings. The normalized spacial score (nSPS) is 12.6. The minimum Gasteiger partial charge on any atom is -0.495 e. The van der Waals surface area contributed by atoms with Crippen molar-refractivity contribution < 1.29 is 14.3 Å². The standard InChI is InChI=1S/C18H30N4O3.HI/c1-13(12-22(5)17(23)25-18(2,3)4)11-20-16(19)21-14-9-7-8-10-15(14)24-6;/h7-10,13H,11-12H2,1-6H3,(H3,19,20,21);1H. The van der Waals surface area contributed by atoms with E-state index in [2.05, 4.69) is 10.3 Å². The van der Waals surface area contributed by atoms with Crippen molar-refractivity contribution in [3.8, 4) is 5.75 Å². The smallest absolute Gasteiger partial charge is 0.410 e. The third kappa shape index (κ3) is 9.12. The topological polar surface area (TPSA) is 89.2 Å². The summed E-state index contributed by atoms with van der Waals surface area (Å²) in [5.41, 5.74) is 6.18. The predicted octanol–water partition coefficient (Wildman–Crippen LogP) is 3.54. The van der Waals surface area contributed by atoms with E-state index in [1.807, 2.05) is 52.0 Å². The van der Waals surface area contributed by atoms with Crippen molar-refractivity contribution in [1.29, 1.82) is 0 Å². The number of anilines is 1. The average molecular weight is 478 g/mol. The largest absolute Gasteiger partial charge is 0.495 e. The summed E-state index contributed by atoms with van der Waals surface area (Å²) in [6, 6.07) is 7.47. The lowest BCUT2D eigenvalue weighted by molar-refractivity contribution is 0.0279. The van der Waals surface area contributed by atoms with Crippen molar-refractivity contribution in [1.82, 2.24) is 4.90 Å². The maximum atomic E-state index is 12.0. The second-order valence-electron chi connectivity index (χ2n) is 7.02. The van der Waals surface area contributed by atoms with Crippen LogP contribution in [0.5, 0.6) is 5.75 Å². The maximum Gasteiger partial charge on any atom is 0.410 e. The summed E-state index contributed by atoms with van der Waals surface area (Å²) >= 11 is 0. The molecule has 0 saturated heterocycles. The molecule has 1 atom stereocenters. The molecule has 1 aromatic rings. The van der Waals surface area contributed by atoms with Crippen LogP contribution in [0, 0.1) is 5.92 Å². The Kier molecular flexibility index (Phi) is 10.4. The van der Waals surface area contributed by atoms with Gasteiger partial charge in [0, 0.05) is 20.1 Å². The third-order valence-electron chi connectivity index (χ3n) is 3.23.